The van der Waals surface area contributed by atoms with Crippen molar-refractivity contribution in [2.75, 3.05) is 12.4 Å². The molecule has 0 saturated carbocycles. The van der Waals surface area contributed by atoms with E-state index in [0.29, 0.717) is 11.3 Å². The van der Waals surface area contributed by atoms with E-state index in [-0.39, 0.29) is 11.7 Å². The normalized spacial score (nSPS) is 14.2. The highest BCUT2D eigenvalue weighted by atomic mass is 16.5. The fourth-order valence-corrected chi connectivity index (χ4v) is 2.98. The predicted molar refractivity (Wildman–Crippen MR) is 101 cm³/mol. The van der Waals surface area contributed by atoms with Gasteiger partial charge in [-0.25, -0.2) is 0 Å². The minimum atomic E-state index is -0.147. The van der Waals surface area contributed by atoms with Crippen molar-refractivity contribution in [2.24, 2.45) is 0 Å². The van der Waals surface area contributed by atoms with Crippen LogP contribution in [0.3, 0.4) is 0 Å². The molecule has 0 fully saturated rings. The number of benzene rings is 2. The van der Waals surface area contributed by atoms with Gasteiger partial charge in [-0.3, -0.25) is 9.78 Å². The van der Waals surface area contributed by atoms with Crippen molar-refractivity contribution in [3.05, 3.63) is 72.1 Å². The van der Waals surface area contributed by atoms with Crippen LogP contribution in [0.15, 0.2) is 60.8 Å². The van der Waals surface area contributed by atoms with E-state index >= 15 is 0 Å². The van der Waals surface area contributed by atoms with Gasteiger partial charge in [-0.15, -0.1) is 0 Å². The highest BCUT2D eigenvalue weighted by Crippen LogP contribution is 2.38. The average Bonchev–Trinajstić information content (AvgIpc) is 2.97. The van der Waals surface area contributed by atoms with Gasteiger partial charge in [0.05, 0.1) is 18.4 Å². The van der Waals surface area contributed by atoms with Gasteiger partial charge in [0.1, 0.15) is 0 Å². The molecule has 0 atom stereocenters. The fraction of sp³-hybridized carbons (Fsp3) is 0.0476. The second-order valence-electron chi connectivity index (χ2n) is 5.91. The summed E-state index contributed by atoms with van der Waals surface area (Å²) in [5, 5.41) is 12.7. The van der Waals surface area contributed by atoms with E-state index in [1.165, 1.54) is 7.11 Å². The Kier molecular flexibility index (Phi) is 3.89. The lowest BCUT2D eigenvalue weighted by molar-refractivity contribution is -0.110. The SMILES string of the molecule is COc1cc(-c2ccc3c(c2)NC(=O)C3=Cc2ccccn2)ccc1O. The minimum Gasteiger partial charge on any atom is -0.504 e. The molecule has 0 unspecified atom stereocenters. The first-order chi connectivity index (χ1) is 12.7. The van der Waals surface area contributed by atoms with E-state index in [0.717, 1.165) is 28.1 Å². The van der Waals surface area contributed by atoms with E-state index in [1.807, 2.05) is 36.4 Å². The molecule has 5 heteroatoms. The minimum absolute atomic E-state index is 0.0892. The van der Waals surface area contributed by atoms with Crippen LogP contribution in [0.2, 0.25) is 0 Å². The van der Waals surface area contributed by atoms with Gasteiger partial charge in [0, 0.05) is 17.4 Å². The maximum Gasteiger partial charge on any atom is 0.256 e. The van der Waals surface area contributed by atoms with Crippen LogP contribution in [0.25, 0.3) is 22.8 Å². The highest BCUT2D eigenvalue weighted by molar-refractivity contribution is 6.35. The number of hydrogen-bond acceptors (Lipinski definition) is 4. The first-order valence-electron chi connectivity index (χ1n) is 8.11. The second-order valence-corrected chi connectivity index (χ2v) is 5.91. The van der Waals surface area contributed by atoms with E-state index in [2.05, 4.69) is 10.3 Å². The topological polar surface area (TPSA) is 71.5 Å². The molecule has 1 amide bonds. The van der Waals surface area contributed by atoms with E-state index in [9.17, 15) is 9.90 Å². The lowest BCUT2D eigenvalue weighted by atomic mass is 9.99. The molecule has 26 heavy (non-hydrogen) atoms. The number of aromatic hydroxyl groups is 1. The number of fused-ring (bicyclic) bond motifs is 1. The lowest BCUT2D eigenvalue weighted by Crippen LogP contribution is -2.03. The number of carbonyl (C=O) groups excluding carboxylic acids is 1. The number of nitrogens with one attached hydrogen (secondary N) is 1. The summed E-state index contributed by atoms with van der Waals surface area (Å²) >= 11 is 0. The maximum absolute atomic E-state index is 12.4. The van der Waals surface area contributed by atoms with Crippen molar-refractivity contribution in [3.63, 3.8) is 0 Å². The smallest absolute Gasteiger partial charge is 0.256 e. The highest BCUT2D eigenvalue weighted by Gasteiger charge is 2.24. The number of anilines is 1. The second kappa shape index (κ2) is 6.37. The summed E-state index contributed by atoms with van der Waals surface area (Å²) in [7, 11) is 1.51. The zero-order valence-corrected chi connectivity index (χ0v) is 14.1. The molecular weight excluding hydrogens is 328 g/mol. The van der Waals surface area contributed by atoms with Crippen molar-refractivity contribution in [3.8, 4) is 22.6 Å². The summed E-state index contributed by atoms with van der Waals surface area (Å²) in [6.45, 7) is 0. The van der Waals surface area contributed by atoms with Crippen molar-refractivity contribution in [2.45, 2.75) is 0 Å². The Labute approximate surface area is 150 Å². The number of ether oxygens (including phenoxy) is 1. The summed E-state index contributed by atoms with van der Waals surface area (Å²) in [5.74, 6) is 0.347. The predicted octanol–water partition coefficient (Wildman–Crippen LogP) is 3.96. The molecule has 1 aromatic heterocycles. The number of aromatic nitrogens is 1. The van der Waals surface area contributed by atoms with Gasteiger partial charge in [0.15, 0.2) is 11.5 Å². The summed E-state index contributed by atoms with van der Waals surface area (Å²) in [6.07, 6.45) is 3.48. The number of methoxy groups -OCH3 is 1. The molecule has 2 aromatic carbocycles. The van der Waals surface area contributed by atoms with Gasteiger partial charge < -0.3 is 15.2 Å². The molecule has 1 aliphatic heterocycles. The molecule has 0 aliphatic carbocycles. The van der Waals surface area contributed by atoms with Crippen molar-refractivity contribution >= 4 is 23.2 Å². The lowest BCUT2D eigenvalue weighted by Gasteiger charge is -2.08. The third-order valence-electron chi connectivity index (χ3n) is 4.30. The van der Waals surface area contributed by atoms with Crippen LogP contribution in [-0.2, 0) is 4.79 Å². The molecule has 0 spiro atoms. The van der Waals surface area contributed by atoms with Crippen LogP contribution in [-0.4, -0.2) is 23.1 Å². The Morgan fingerprint density at radius 3 is 2.65 bits per heavy atom. The number of phenols is 1. The third-order valence-corrected chi connectivity index (χ3v) is 4.30. The number of hydrogen-bond donors (Lipinski definition) is 2. The van der Waals surface area contributed by atoms with Crippen LogP contribution in [0.5, 0.6) is 11.5 Å². The maximum atomic E-state index is 12.4. The van der Waals surface area contributed by atoms with E-state index < -0.39 is 0 Å². The quantitative estimate of drug-likeness (QED) is 0.706. The molecule has 5 nitrogen and oxygen atoms in total. The first kappa shape index (κ1) is 15.9. The van der Waals surface area contributed by atoms with Gasteiger partial charge in [-0.2, -0.15) is 0 Å². The van der Waals surface area contributed by atoms with Gasteiger partial charge in [0.2, 0.25) is 0 Å². The Balaban J connectivity index is 1.74. The third kappa shape index (κ3) is 2.80. The summed E-state index contributed by atoms with van der Waals surface area (Å²) in [6, 6.07) is 16.5. The van der Waals surface area contributed by atoms with Gasteiger partial charge in [-0.05, 0) is 47.5 Å². The largest absolute Gasteiger partial charge is 0.504 e. The molecule has 0 saturated heterocycles. The number of nitrogens with zero attached hydrogens (tertiary/aromatic N) is 1. The number of rotatable bonds is 3. The molecule has 4 rings (SSSR count). The van der Waals surface area contributed by atoms with Crippen molar-refractivity contribution < 1.29 is 14.6 Å². The zero-order chi connectivity index (χ0) is 18.1. The standard InChI is InChI=1S/C21H16N2O3/c1-26-20-11-14(6-8-19(20)24)13-5-7-16-17(21(25)23-18(16)10-13)12-15-4-2-3-9-22-15/h2-12,24H,1H3,(H,23,25). The van der Waals surface area contributed by atoms with E-state index in [1.54, 1.807) is 30.5 Å². The number of carbonyl (C=O) groups is 1. The Bertz CT molecular complexity index is 1030. The molecule has 2 heterocycles. The van der Waals surface area contributed by atoms with Crippen LogP contribution < -0.4 is 10.1 Å². The zero-order valence-electron chi connectivity index (χ0n) is 14.1. The van der Waals surface area contributed by atoms with Gasteiger partial charge in [0.25, 0.3) is 5.91 Å². The number of pyridine rings is 1. The monoisotopic (exact) mass is 344 g/mol. The molecule has 1 aliphatic rings. The van der Waals surface area contributed by atoms with Crippen LogP contribution in [0.4, 0.5) is 5.69 Å². The van der Waals surface area contributed by atoms with Crippen LogP contribution in [0.1, 0.15) is 11.3 Å². The van der Waals surface area contributed by atoms with E-state index in [4.69, 9.17) is 4.74 Å². The van der Waals surface area contributed by atoms with Crippen LogP contribution >= 0.6 is 0 Å². The summed E-state index contributed by atoms with van der Waals surface area (Å²) in [5.41, 5.74) is 4.73. The first-order valence-corrected chi connectivity index (χ1v) is 8.11. The van der Waals surface area contributed by atoms with Crippen molar-refractivity contribution in [1.29, 1.82) is 0 Å². The Morgan fingerprint density at radius 2 is 1.88 bits per heavy atom. The Hall–Kier alpha value is -3.60. The molecular formula is C21H16N2O3. The molecule has 128 valence electrons. The molecule has 0 radical (unpaired) electrons. The van der Waals surface area contributed by atoms with Gasteiger partial charge in [-0.1, -0.05) is 24.3 Å². The van der Waals surface area contributed by atoms with Gasteiger partial charge >= 0.3 is 0 Å². The Morgan fingerprint density at radius 1 is 1.08 bits per heavy atom. The number of amides is 1. The summed E-state index contributed by atoms with van der Waals surface area (Å²) in [4.78, 5) is 16.6. The average molecular weight is 344 g/mol. The fourth-order valence-electron chi connectivity index (χ4n) is 2.98. The molecule has 3 aromatic rings. The molecule has 0 bridgehead atoms. The number of phenolic OH excluding ortho intramolecular Hbond substituents is 1. The van der Waals surface area contributed by atoms with Crippen LogP contribution in [0, 0.1) is 0 Å². The molecule has 2 N–H and O–H groups in total. The van der Waals surface area contributed by atoms with Crippen molar-refractivity contribution in [1.82, 2.24) is 4.98 Å². The summed E-state index contributed by atoms with van der Waals surface area (Å²) < 4.78 is 5.16.